The van der Waals surface area contributed by atoms with E-state index in [1.54, 1.807) is 0 Å². The van der Waals surface area contributed by atoms with Gasteiger partial charge in [-0.2, -0.15) is 0 Å². The molecule has 0 saturated heterocycles. The van der Waals surface area contributed by atoms with Gasteiger partial charge < -0.3 is 9.90 Å². The van der Waals surface area contributed by atoms with E-state index in [9.17, 15) is 9.90 Å². The van der Waals surface area contributed by atoms with E-state index in [1.807, 2.05) is 0 Å². The van der Waals surface area contributed by atoms with Crippen LogP contribution in [0.15, 0.2) is 0 Å². The van der Waals surface area contributed by atoms with E-state index >= 15 is 0 Å². The fourth-order valence-corrected chi connectivity index (χ4v) is 1.58. The fraction of sp³-hybridized carbons (Fsp3) is 0.917. The van der Waals surface area contributed by atoms with Gasteiger partial charge >= 0.3 is 0 Å². The number of carboxylic acids is 1. The maximum Gasteiger partial charge on any atom is 0.0414 e. The average Bonchev–Trinajstić information content (AvgIpc) is 2.15. The molecule has 0 rings (SSSR count). The molecule has 0 N–H and O–H groups in total. The Morgan fingerprint density at radius 2 is 1.27 bits per heavy atom. The lowest BCUT2D eigenvalue weighted by Crippen LogP contribution is -2.21. The molecule has 15 heavy (non-hydrogen) atoms. The van der Waals surface area contributed by atoms with Crippen molar-refractivity contribution in [3.05, 3.63) is 0 Å². The fourth-order valence-electron chi connectivity index (χ4n) is 1.58. The molecule has 0 aromatic heterocycles. The van der Waals surface area contributed by atoms with Crippen LogP contribution >= 0.6 is 0 Å². The molecule has 3 heteroatoms. The van der Waals surface area contributed by atoms with Gasteiger partial charge in [0.15, 0.2) is 0 Å². The Morgan fingerprint density at radius 3 is 1.67 bits per heavy atom. The SMILES string of the molecule is CCCCCCCCCCCC(=O)[O-].[Al]. The Bertz CT molecular complexity index is 138. The summed E-state index contributed by atoms with van der Waals surface area (Å²) in [5.41, 5.74) is 0. The summed E-state index contributed by atoms with van der Waals surface area (Å²) in [4.78, 5) is 10.1. The molecule has 0 saturated carbocycles. The lowest BCUT2D eigenvalue weighted by Gasteiger charge is -2.02. The summed E-state index contributed by atoms with van der Waals surface area (Å²) >= 11 is 0. The van der Waals surface area contributed by atoms with Gasteiger partial charge in [-0.25, -0.2) is 0 Å². The number of carboxylic acid groups (broad SMARTS) is 1. The number of carbonyl (C=O) groups is 1. The van der Waals surface area contributed by atoms with Crippen molar-refractivity contribution in [2.24, 2.45) is 0 Å². The van der Waals surface area contributed by atoms with Gasteiger partial charge in [0, 0.05) is 23.3 Å². The lowest BCUT2D eigenvalue weighted by molar-refractivity contribution is -0.305. The van der Waals surface area contributed by atoms with Gasteiger partial charge in [-0.15, -0.1) is 0 Å². The average molecular weight is 226 g/mol. The minimum atomic E-state index is -0.909. The summed E-state index contributed by atoms with van der Waals surface area (Å²) in [6.45, 7) is 2.22. The number of rotatable bonds is 10. The highest BCUT2D eigenvalue weighted by Crippen LogP contribution is 2.09. The van der Waals surface area contributed by atoms with Gasteiger partial charge in [0.05, 0.1) is 0 Å². The highest BCUT2D eigenvalue weighted by Gasteiger charge is 1.92. The smallest absolute Gasteiger partial charge is 0.0414 e. The second kappa shape index (κ2) is 14.0. The number of unbranched alkanes of at least 4 members (excludes halogenated alkanes) is 8. The standard InChI is InChI=1S/C12H24O2.Al/c1-2-3-4-5-6-7-8-9-10-11-12(13)14;/h2-11H2,1H3,(H,13,14);/p-1. The van der Waals surface area contributed by atoms with Gasteiger partial charge in [0.2, 0.25) is 0 Å². The van der Waals surface area contributed by atoms with Gasteiger partial charge in [0.25, 0.3) is 0 Å². The van der Waals surface area contributed by atoms with Crippen LogP contribution in [0.1, 0.15) is 71.1 Å². The molecular weight excluding hydrogens is 203 g/mol. The monoisotopic (exact) mass is 226 g/mol. The van der Waals surface area contributed by atoms with Crippen LogP contribution in [0.2, 0.25) is 0 Å². The number of hydrogen-bond acceptors (Lipinski definition) is 2. The molecule has 0 aliphatic carbocycles. The zero-order valence-electron chi connectivity index (χ0n) is 9.96. The van der Waals surface area contributed by atoms with Crippen molar-refractivity contribution in [3.63, 3.8) is 0 Å². The maximum atomic E-state index is 10.1. The molecule has 0 unspecified atom stereocenters. The summed E-state index contributed by atoms with van der Waals surface area (Å²) in [6.07, 6.45) is 11.2. The molecule has 3 radical (unpaired) electrons. The Kier molecular flexibility index (Phi) is 16.2. The van der Waals surface area contributed by atoms with Crippen LogP contribution in [0.4, 0.5) is 0 Å². The van der Waals surface area contributed by atoms with E-state index in [2.05, 4.69) is 6.92 Å². The minimum Gasteiger partial charge on any atom is -0.550 e. The van der Waals surface area contributed by atoms with Crippen LogP contribution in [0.3, 0.4) is 0 Å². The number of carbonyl (C=O) groups excluding carboxylic acids is 1. The third-order valence-corrected chi connectivity index (χ3v) is 2.48. The summed E-state index contributed by atoms with van der Waals surface area (Å²) < 4.78 is 0. The van der Waals surface area contributed by atoms with E-state index in [1.165, 1.54) is 44.9 Å². The Balaban J connectivity index is 0. The molecule has 87 valence electrons. The normalized spacial score (nSPS) is 9.67. The van der Waals surface area contributed by atoms with Crippen molar-refractivity contribution in [2.75, 3.05) is 0 Å². The van der Waals surface area contributed by atoms with Crippen LogP contribution in [0, 0.1) is 0 Å². The summed E-state index contributed by atoms with van der Waals surface area (Å²) in [6, 6.07) is 0. The number of aliphatic carboxylic acids is 1. The van der Waals surface area contributed by atoms with E-state index < -0.39 is 5.97 Å². The van der Waals surface area contributed by atoms with Gasteiger partial charge in [-0.05, 0) is 12.8 Å². The Hall–Kier alpha value is 0.00247. The third-order valence-electron chi connectivity index (χ3n) is 2.48. The summed E-state index contributed by atoms with van der Waals surface area (Å²) in [5, 5.41) is 10.1. The molecule has 0 fully saturated rings. The van der Waals surface area contributed by atoms with Crippen molar-refractivity contribution in [2.45, 2.75) is 71.1 Å². The van der Waals surface area contributed by atoms with E-state index in [0.29, 0.717) is 0 Å². The number of hydrogen-bond donors (Lipinski definition) is 0. The first kappa shape index (κ1) is 17.4. The van der Waals surface area contributed by atoms with Crippen molar-refractivity contribution >= 4 is 23.3 Å². The molecule has 0 amide bonds. The van der Waals surface area contributed by atoms with Crippen LogP contribution < -0.4 is 5.11 Å². The largest absolute Gasteiger partial charge is 0.550 e. The molecular formula is C12H23AlO2-. The van der Waals surface area contributed by atoms with Gasteiger partial charge in [0.1, 0.15) is 0 Å². The lowest BCUT2D eigenvalue weighted by atomic mass is 10.1. The first-order chi connectivity index (χ1) is 6.77. The van der Waals surface area contributed by atoms with Crippen molar-refractivity contribution < 1.29 is 9.90 Å². The molecule has 0 bridgehead atoms. The predicted molar refractivity (Wildman–Crippen MR) is 62.6 cm³/mol. The Morgan fingerprint density at radius 1 is 0.867 bits per heavy atom. The second-order valence-electron chi connectivity index (χ2n) is 3.95. The molecule has 0 aromatic rings. The van der Waals surface area contributed by atoms with Crippen LogP contribution in [0.5, 0.6) is 0 Å². The molecule has 0 aromatic carbocycles. The summed E-state index contributed by atoms with van der Waals surface area (Å²) in [5.74, 6) is -0.909. The van der Waals surface area contributed by atoms with Crippen LogP contribution in [-0.2, 0) is 4.79 Å². The van der Waals surface area contributed by atoms with Crippen molar-refractivity contribution in [3.8, 4) is 0 Å². The topological polar surface area (TPSA) is 40.1 Å². The summed E-state index contributed by atoms with van der Waals surface area (Å²) in [7, 11) is 0. The third kappa shape index (κ3) is 16.7. The molecule has 0 aliphatic heterocycles. The zero-order chi connectivity index (χ0) is 10.6. The van der Waals surface area contributed by atoms with Gasteiger partial charge in [-0.1, -0.05) is 58.3 Å². The highest BCUT2D eigenvalue weighted by molar-refractivity contribution is 5.75. The zero-order valence-corrected chi connectivity index (χ0v) is 11.1. The van der Waals surface area contributed by atoms with Crippen LogP contribution in [0.25, 0.3) is 0 Å². The molecule has 0 aliphatic rings. The molecule has 0 spiro atoms. The van der Waals surface area contributed by atoms with Gasteiger partial charge in [-0.3, -0.25) is 0 Å². The molecule has 0 heterocycles. The highest BCUT2D eigenvalue weighted by atomic mass is 27.0. The molecule has 2 nitrogen and oxygen atoms in total. The van der Waals surface area contributed by atoms with Crippen molar-refractivity contribution in [1.82, 2.24) is 0 Å². The maximum absolute atomic E-state index is 10.1. The Labute approximate surface area is 105 Å². The van der Waals surface area contributed by atoms with Crippen molar-refractivity contribution in [1.29, 1.82) is 0 Å². The minimum absolute atomic E-state index is 0. The van der Waals surface area contributed by atoms with E-state index in [-0.39, 0.29) is 23.8 Å². The first-order valence-corrected chi connectivity index (χ1v) is 5.97. The second-order valence-corrected chi connectivity index (χ2v) is 3.95. The van der Waals surface area contributed by atoms with E-state index in [0.717, 1.165) is 12.8 Å². The van der Waals surface area contributed by atoms with E-state index in [4.69, 9.17) is 0 Å². The quantitative estimate of drug-likeness (QED) is 0.423. The first-order valence-electron chi connectivity index (χ1n) is 5.97. The molecule has 0 atom stereocenters. The van der Waals surface area contributed by atoms with Crippen LogP contribution in [-0.4, -0.2) is 23.3 Å². The predicted octanol–water partition coefficient (Wildman–Crippen LogP) is 2.28.